The Hall–Kier alpha value is -4.02. The van der Waals surface area contributed by atoms with E-state index in [4.69, 9.17) is 14.5 Å². The van der Waals surface area contributed by atoms with E-state index in [1.807, 2.05) is 25.7 Å². The number of pyridine rings is 1. The van der Waals surface area contributed by atoms with Crippen LogP contribution in [0.3, 0.4) is 0 Å². The van der Waals surface area contributed by atoms with E-state index < -0.39 is 21.9 Å². The standard InChI is InChI=1S/C35H39F2N7O5S2/c1-18-14-23-22(15-39-44(23)24-8-6-7-13-48-24)26(25(18)30(36)37)28-29-21(11-12-38-28)27-31(40-33(51(5,46)47)41-32(27)50-29)42-16-19-9-10-20(17-42)43(19)34(45)49-35(2,3)4/h11-12,14-15,19-20,24,30H,6-10,13,16-17H2,1-5H3. The van der Waals surface area contributed by atoms with E-state index in [9.17, 15) is 13.2 Å². The van der Waals surface area contributed by atoms with Gasteiger partial charge < -0.3 is 14.4 Å². The molecule has 12 nitrogen and oxygen atoms in total. The van der Waals surface area contributed by atoms with Gasteiger partial charge in [0.25, 0.3) is 6.43 Å². The number of hydrogen-bond donors (Lipinski definition) is 0. The number of aromatic nitrogens is 5. The third-order valence-electron chi connectivity index (χ3n) is 9.96. The average Bonchev–Trinajstić information content (AvgIpc) is 3.74. The molecule has 7 heterocycles. The summed E-state index contributed by atoms with van der Waals surface area (Å²) in [6.45, 7) is 8.60. The molecule has 4 aromatic heterocycles. The molecule has 3 unspecified atom stereocenters. The van der Waals surface area contributed by atoms with Gasteiger partial charge in [0.15, 0.2) is 6.23 Å². The number of fused-ring (bicyclic) bond motifs is 6. The molecule has 0 N–H and O–H groups in total. The van der Waals surface area contributed by atoms with Crippen LogP contribution in [0.4, 0.5) is 19.4 Å². The molecule has 3 saturated heterocycles. The number of halogens is 2. The molecule has 270 valence electrons. The fraction of sp³-hybridized carbons (Fsp3) is 0.514. The van der Waals surface area contributed by atoms with Crippen LogP contribution < -0.4 is 4.90 Å². The van der Waals surface area contributed by atoms with E-state index in [0.717, 1.165) is 38.4 Å². The van der Waals surface area contributed by atoms with Crippen molar-refractivity contribution in [1.29, 1.82) is 0 Å². The molecule has 0 saturated carbocycles. The van der Waals surface area contributed by atoms with Crippen molar-refractivity contribution in [3.63, 3.8) is 0 Å². The quantitative estimate of drug-likeness (QED) is 0.171. The number of anilines is 1. The minimum Gasteiger partial charge on any atom is -0.444 e. The Kier molecular flexibility index (Phi) is 8.22. The molecule has 0 spiro atoms. The number of rotatable bonds is 5. The highest BCUT2D eigenvalue weighted by atomic mass is 32.2. The number of amides is 1. The summed E-state index contributed by atoms with van der Waals surface area (Å²) in [6, 6.07) is 3.21. The minimum absolute atomic E-state index is 0.137. The van der Waals surface area contributed by atoms with Crippen LogP contribution in [0.5, 0.6) is 0 Å². The van der Waals surface area contributed by atoms with Crippen molar-refractivity contribution in [2.24, 2.45) is 0 Å². The van der Waals surface area contributed by atoms with Crippen LogP contribution in [0.25, 0.3) is 42.5 Å². The fourth-order valence-corrected chi connectivity index (χ4v) is 9.57. The van der Waals surface area contributed by atoms with Crippen molar-refractivity contribution >= 4 is 64.3 Å². The molecule has 5 aromatic rings. The molecule has 1 aromatic carbocycles. The predicted molar refractivity (Wildman–Crippen MR) is 190 cm³/mol. The second-order valence-electron chi connectivity index (χ2n) is 14.7. The lowest BCUT2D eigenvalue weighted by molar-refractivity contribution is -0.0366. The first-order valence-corrected chi connectivity index (χ1v) is 19.9. The first-order valence-electron chi connectivity index (χ1n) is 17.2. The SMILES string of the molecule is Cc1cc2c(cnn2C2CCCCO2)c(-c2nccc3c2sc2nc(S(C)(=O)=O)nc(N4CC5CCC(C4)N5C(=O)OC(C)(C)C)c23)c1C(F)F. The minimum atomic E-state index is -3.84. The maximum Gasteiger partial charge on any atom is 0.410 e. The Bertz CT molecular complexity index is 2300. The molecule has 3 fully saturated rings. The molecule has 0 radical (unpaired) electrons. The van der Waals surface area contributed by atoms with Crippen molar-refractivity contribution in [1.82, 2.24) is 29.6 Å². The van der Waals surface area contributed by atoms with Crippen molar-refractivity contribution in [3.05, 3.63) is 35.7 Å². The third-order valence-corrected chi connectivity index (χ3v) is 11.9. The predicted octanol–water partition coefficient (Wildman–Crippen LogP) is 7.19. The number of carbonyl (C=O) groups is 1. The van der Waals surface area contributed by atoms with E-state index in [0.29, 0.717) is 68.0 Å². The number of alkyl halides is 2. The first kappa shape index (κ1) is 34.1. The highest BCUT2D eigenvalue weighted by molar-refractivity contribution is 7.90. The molecule has 16 heteroatoms. The molecule has 0 aliphatic carbocycles. The number of piperazine rings is 1. The van der Waals surface area contributed by atoms with Crippen molar-refractivity contribution in [3.8, 4) is 11.3 Å². The Balaban J connectivity index is 1.31. The average molecular weight is 740 g/mol. The molecule has 51 heavy (non-hydrogen) atoms. The summed E-state index contributed by atoms with van der Waals surface area (Å²) in [5, 5.41) is 6.13. The van der Waals surface area contributed by atoms with Gasteiger partial charge in [-0.25, -0.2) is 36.6 Å². The number of benzene rings is 1. The Morgan fingerprint density at radius 2 is 1.84 bits per heavy atom. The van der Waals surface area contributed by atoms with E-state index >= 15 is 8.78 Å². The summed E-state index contributed by atoms with van der Waals surface area (Å²) >= 11 is 1.20. The van der Waals surface area contributed by atoms with Gasteiger partial charge in [-0.2, -0.15) is 5.10 Å². The molecule has 1 amide bonds. The molecular weight excluding hydrogens is 701 g/mol. The van der Waals surface area contributed by atoms with Crippen molar-refractivity contribution in [2.75, 3.05) is 30.9 Å². The van der Waals surface area contributed by atoms with E-state index in [-0.39, 0.29) is 40.7 Å². The van der Waals surface area contributed by atoms with Gasteiger partial charge in [-0.15, -0.1) is 11.3 Å². The number of ether oxygens (including phenoxy) is 2. The van der Waals surface area contributed by atoms with E-state index in [1.165, 1.54) is 11.3 Å². The topological polar surface area (TPSA) is 133 Å². The number of sulfone groups is 1. The number of thiophene rings is 1. The normalized spacial score (nSPS) is 21.5. The van der Waals surface area contributed by atoms with Gasteiger partial charge in [-0.05, 0) is 77.5 Å². The van der Waals surface area contributed by atoms with Gasteiger partial charge in [0, 0.05) is 54.0 Å². The van der Waals surface area contributed by atoms with Gasteiger partial charge in [-0.3, -0.25) is 9.88 Å². The first-order chi connectivity index (χ1) is 24.2. The maximum atomic E-state index is 15.0. The zero-order valence-corrected chi connectivity index (χ0v) is 30.7. The van der Waals surface area contributed by atoms with Gasteiger partial charge in [0.2, 0.25) is 15.0 Å². The second-order valence-corrected chi connectivity index (χ2v) is 17.6. The third kappa shape index (κ3) is 5.88. The number of nitrogens with zero attached hydrogens (tertiary/aromatic N) is 7. The van der Waals surface area contributed by atoms with Crippen LogP contribution in [-0.4, -0.2) is 87.8 Å². The Morgan fingerprint density at radius 1 is 1.10 bits per heavy atom. The molecule has 3 atom stereocenters. The highest BCUT2D eigenvalue weighted by Gasteiger charge is 2.45. The summed E-state index contributed by atoms with van der Waals surface area (Å²) < 4.78 is 70.0. The molecular formula is C35H39F2N7O5S2. The fourth-order valence-electron chi connectivity index (χ4n) is 7.84. The van der Waals surface area contributed by atoms with Crippen LogP contribution in [-0.2, 0) is 19.3 Å². The van der Waals surface area contributed by atoms with E-state index in [2.05, 4.69) is 15.1 Å². The number of aryl methyl sites for hydroxylation is 1. The molecule has 3 aliphatic rings. The highest BCUT2D eigenvalue weighted by Crippen LogP contribution is 2.47. The van der Waals surface area contributed by atoms with Gasteiger partial charge in [-0.1, -0.05) is 0 Å². The van der Waals surface area contributed by atoms with Gasteiger partial charge >= 0.3 is 6.09 Å². The Labute approximate surface area is 297 Å². The lowest BCUT2D eigenvalue weighted by atomic mass is 9.95. The number of hydrogen-bond acceptors (Lipinski definition) is 11. The number of carbonyl (C=O) groups excluding carboxylic acids is 1. The zero-order chi connectivity index (χ0) is 36.0. The van der Waals surface area contributed by atoms with Crippen LogP contribution in [0.2, 0.25) is 0 Å². The van der Waals surface area contributed by atoms with Crippen LogP contribution in [0.15, 0.2) is 29.7 Å². The zero-order valence-electron chi connectivity index (χ0n) is 29.0. The largest absolute Gasteiger partial charge is 0.444 e. The van der Waals surface area contributed by atoms with Crippen LogP contribution in [0.1, 0.15) is 76.7 Å². The van der Waals surface area contributed by atoms with Crippen LogP contribution in [0, 0.1) is 6.92 Å². The smallest absolute Gasteiger partial charge is 0.410 e. The maximum absolute atomic E-state index is 15.0. The van der Waals surface area contributed by atoms with Gasteiger partial charge in [0.1, 0.15) is 16.2 Å². The Morgan fingerprint density at radius 3 is 2.49 bits per heavy atom. The summed E-state index contributed by atoms with van der Waals surface area (Å²) in [7, 11) is -3.84. The molecule has 2 bridgehead atoms. The second kappa shape index (κ2) is 12.3. The van der Waals surface area contributed by atoms with Gasteiger partial charge in [0.05, 0.1) is 39.6 Å². The van der Waals surface area contributed by atoms with Crippen molar-refractivity contribution < 1.29 is 31.5 Å². The lowest BCUT2D eigenvalue weighted by Gasteiger charge is -2.42. The van der Waals surface area contributed by atoms with Crippen LogP contribution >= 0.6 is 11.3 Å². The lowest BCUT2D eigenvalue weighted by Crippen LogP contribution is -2.57. The summed E-state index contributed by atoms with van der Waals surface area (Å²) in [5.74, 6) is 0.426. The monoisotopic (exact) mass is 739 g/mol. The summed E-state index contributed by atoms with van der Waals surface area (Å²) in [5.41, 5.74) is 0.918. The van der Waals surface area contributed by atoms with Crippen molar-refractivity contribution in [2.45, 2.75) is 95.3 Å². The summed E-state index contributed by atoms with van der Waals surface area (Å²) in [4.78, 5) is 31.3. The molecule has 3 aliphatic heterocycles. The summed E-state index contributed by atoms with van der Waals surface area (Å²) in [6.07, 6.45) is 5.03. The molecule has 8 rings (SSSR count). The van der Waals surface area contributed by atoms with E-state index in [1.54, 1.807) is 41.0 Å².